The van der Waals surface area contributed by atoms with Crippen LogP contribution in [0.5, 0.6) is 0 Å². The number of thiazole rings is 1. The molecule has 0 spiro atoms. The van der Waals surface area contributed by atoms with Crippen molar-refractivity contribution in [2.75, 3.05) is 10.6 Å². The fourth-order valence-electron chi connectivity index (χ4n) is 2.35. The van der Waals surface area contributed by atoms with Gasteiger partial charge in [-0.25, -0.2) is 15.0 Å². The van der Waals surface area contributed by atoms with E-state index >= 15 is 0 Å². The maximum atomic E-state index is 13.2. The van der Waals surface area contributed by atoms with E-state index in [2.05, 4.69) is 15.0 Å². The largest absolute Gasteiger partial charge is 0.375 e. The van der Waals surface area contributed by atoms with Gasteiger partial charge in [0.15, 0.2) is 5.13 Å². The smallest absolute Gasteiger partial charge is 0.275 e. The molecule has 3 rings (SSSR count). The molecule has 0 radical (unpaired) electrons. The predicted molar refractivity (Wildman–Crippen MR) is 108 cm³/mol. The minimum Gasteiger partial charge on any atom is -0.375 e. The summed E-state index contributed by atoms with van der Waals surface area (Å²) in [6, 6.07) is 6.89. The minimum atomic E-state index is -0.348. The molecule has 0 aliphatic carbocycles. The molecule has 0 unspecified atom stereocenters. The number of aromatic nitrogens is 3. The van der Waals surface area contributed by atoms with Crippen LogP contribution < -0.4 is 10.6 Å². The molecule has 0 saturated heterocycles. The normalized spacial score (nSPS) is 10.3. The SMILES string of the molecule is Cc1nc(Cl)cc(N(C(=O)c2cnc(N)s2)c2c(C)cccc2Cl)n1.Cl. The van der Waals surface area contributed by atoms with Crippen LogP contribution in [-0.4, -0.2) is 20.9 Å². The molecule has 2 N–H and O–H groups in total. The number of amides is 1. The first-order chi connectivity index (χ1) is 11.9. The molecule has 2 heterocycles. The van der Waals surface area contributed by atoms with Crippen LogP contribution >= 0.6 is 46.9 Å². The number of rotatable bonds is 3. The van der Waals surface area contributed by atoms with Crippen molar-refractivity contribution in [3.8, 4) is 0 Å². The van der Waals surface area contributed by atoms with Crippen LogP contribution in [0.15, 0.2) is 30.5 Å². The van der Waals surface area contributed by atoms with Gasteiger partial charge in [-0.15, -0.1) is 12.4 Å². The molecule has 0 fully saturated rings. The maximum absolute atomic E-state index is 13.2. The number of hydrogen-bond acceptors (Lipinski definition) is 6. The lowest BCUT2D eigenvalue weighted by Crippen LogP contribution is -2.27. The molecular weight excluding hydrogens is 417 g/mol. The predicted octanol–water partition coefficient (Wildman–Crippen LogP) is 4.84. The lowest BCUT2D eigenvalue weighted by Gasteiger charge is -2.24. The number of nitrogen functional groups attached to an aromatic ring is 1. The first kappa shape index (κ1) is 20.4. The second-order valence-electron chi connectivity index (χ2n) is 5.20. The Morgan fingerprint density at radius 3 is 2.54 bits per heavy atom. The number of carbonyl (C=O) groups is 1. The molecule has 0 saturated carbocycles. The van der Waals surface area contributed by atoms with E-state index < -0.39 is 0 Å². The highest BCUT2D eigenvalue weighted by Gasteiger charge is 2.26. The number of carbonyl (C=O) groups excluding carboxylic acids is 1. The summed E-state index contributed by atoms with van der Waals surface area (Å²) in [5.74, 6) is 0.416. The monoisotopic (exact) mass is 429 g/mol. The van der Waals surface area contributed by atoms with E-state index in [1.807, 2.05) is 19.1 Å². The lowest BCUT2D eigenvalue weighted by molar-refractivity contribution is 0.100. The Balaban J connectivity index is 0.00000243. The summed E-state index contributed by atoms with van der Waals surface area (Å²) in [4.78, 5) is 27.3. The third-order valence-electron chi connectivity index (χ3n) is 3.37. The summed E-state index contributed by atoms with van der Waals surface area (Å²) < 4.78 is 0. The van der Waals surface area contributed by atoms with Gasteiger partial charge in [-0.2, -0.15) is 0 Å². The summed E-state index contributed by atoms with van der Waals surface area (Å²) in [5.41, 5.74) is 7.00. The number of para-hydroxylation sites is 1. The summed E-state index contributed by atoms with van der Waals surface area (Å²) in [5, 5.41) is 0.947. The fraction of sp³-hybridized carbons (Fsp3) is 0.125. The molecule has 0 aliphatic heterocycles. The average Bonchev–Trinajstić information content (AvgIpc) is 2.96. The zero-order chi connectivity index (χ0) is 18.1. The number of nitrogens with two attached hydrogens (primary N) is 1. The number of hydrogen-bond donors (Lipinski definition) is 1. The minimum absolute atomic E-state index is 0. The molecule has 136 valence electrons. The third kappa shape index (κ3) is 4.07. The number of nitrogens with zero attached hydrogens (tertiary/aromatic N) is 4. The Morgan fingerprint density at radius 1 is 1.23 bits per heavy atom. The van der Waals surface area contributed by atoms with Gasteiger partial charge in [0.2, 0.25) is 0 Å². The highest BCUT2D eigenvalue weighted by atomic mass is 35.5. The van der Waals surface area contributed by atoms with E-state index in [-0.39, 0.29) is 23.5 Å². The Kier molecular flexibility index (Phi) is 6.41. The molecule has 3 aromatic rings. The fourth-order valence-corrected chi connectivity index (χ4v) is 3.50. The molecule has 0 atom stereocenters. The second kappa shape index (κ2) is 8.18. The summed E-state index contributed by atoms with van der Waals surface area (Å²) in [6.45, 7) is 3.56. The zero-order valence-corrected chi connectivity index (χ0v) is 16.9. The van der Waals surface area contributed by atoms with E-state index in [0.717, 1.165) is 16.9 Å². The molecule has 0 aliphatic rings. The van der Waals surface area contributed by atoms with Gasteiger partial charge in [0.25, 0.3) is 5.91 Å². The zero-order valence-electron chi connectivity index (χ0n) is 13.7. The van der Waals surface area contributed by atoms with Crippen molar-refractivity contribution >= 4 is 69.5 Å². The quantitative estimate of drug-likeness (QED) is 0.601. The van der Waals surface area contributed by atoms with E-state index in [1.54, 1.807) is 13.0 Å². The van der Waals surface area contributed by atoms with Gasteiger partial charge in [0.05, 0.1) is 16.9 Å². The van der Waals surface area contributed by atoms with Gasteiger partial charge >= 0.3 is 0 Å². The summed E-state index contributed by atoms with van der Waals surface area (Å²) in [6.07, 6.45) is 1.43. The molecule has 0 bridgehead atoms. The van der Waals surface area contributed by atoms with Crippen molar-refractivity contribution in [3.05, 3.63) is 56.9 Å². The Morgan fingerprint density at radius 2 is 1.96 bits per heavy atom. The standard InChI is InChI=1S/C16H13Cl2N5OS.ClH/c1-8-4-3-5-10(17)14(8)23(13-6-12(18)21-9(2)22-13)15(24)11-7-20-16(19)25-11;/h3-7H,1-2H3,(H2,19,20);1H. The van der Waals surface area contributed by atoms with Crippen LogP contribution in [0.4, 0.5) is 16.6 Å². The van der Waals surface area contributed by atoms with E-state index in [1.165, 1.54) is 17.2 Å². The molecule has 10 heteroatoms. The molecule has 1 amide bonds. The van der Waals surface area contributed by atoms with Crippen LogP contribution in [-0.2, 0) is 0 Å². The Hall–Kier alpha value is -1.93. The lowest BCUT2D eigenvalue weighted by atomic mass is 10.1. The molecule has 1 aromatic carbocycles. The number of halogens is 3. The topological polar surface area (TPSA) is 85.0 Å². The maximum Gasteiger partial charge on any atom is 0.275 e. The van der Waals surface area contributed by atoms with Gasteiger partial charge in [-0.1, -0.05) is 46.7 Å². The van der Waals surface area contributed by atoms with Crippen molar-refractivity contribution in [3.63, 3.8) is 0 Å². The number of aryl methyl sites for hydroxylation is 2. The first-order valence-electron chi connectivity index (χ1n) is 7.19. The summed E-state index contributed by atoms with van der Waals surface area (Å²) >= 11 is 13.5. The summed E-state index contributed by atoms with van der Waals surface area (Å²) in [7, 11) is 0. The van der Waals surface area contributed by atoms with Crippen molar-refractivity contribution < 1.29 is 4.79 Å². The van der Waals surface area contributed by atoms with Crippen molar-refractivity contribution in [1.29, 1.82) is 0 Å². The van der Waals surface area contributed by atoms with E-state index in [9.17, 15) is 4.79 Å². The van der Waals surface area contributed by atoms with Gasteiger partial charge in [0, 0.05) is 6.07 Å². The number of benzene rings is 1. The van der Waals surface area contributed by atoms with Crippen LogP contribution in [0.1, 0.15) is 21.1 Å². The van der Waals surface area contributed by atoms with Crippen molar-refractivity contribution in [2.45, 2.75) is 13.8 Å². The molecule has 6 nitrogen and oxygen atoms in total. The first-order valence-corrected chi connectivity index (χ1v) is 8.76. The van der Waals surface area contributed by atoms with Crippen LogP contribution in [0.25, 0.3) is 0 Å². The van der Waals surface area contributed by atoms with Crippen LogP contribution in [0.3, 0.4) is 0 Å². The van der Waals surface area contributed by atoms with Gasteiger partial charge in [-0.05, 0) is 25.5 Å². The molecular formula is C16H14Cl3N5OS. The van der Waals surface area contributed by atoms with Crippen LogP contribution in [0, 0.1) is 13.8 Å². The second-order valence-corrected chi connectivity index (χ2v) is 7.06. The van der Waals surface area contributed by atoms with Crippen molar-refractivity contribution in [2.24, 2.45) is 0 Å². The highest BCUT2D eigenvalue weighted by Crippen LogP contribution is 2.36. The molecule has 2 aromatic heterocycles. The van der Waals surface area contributed by atoms with Gasteiger partial charge in [0.1, 0.15) is 21.7 Å². The third-order valence-corrected chi connectivity index (χ3v) is 4.68. The van der Waals surface area contributed by atoms with E-state index in [4.69, 9.17) is 28.9 Å². The van der Waals surface area contributed by atoms with Gasteiger partial charge in [-0.3, -0.25) is 9.69 Å². The van der Waals surface area contributed by atoms with Gasteiger partial charge < -0.3 is 5.73 Å². The number of anilines is 3. The van der Waals surface area contributed by atoms with E-state index in [0.29, 0.717) is 32.4 Å². The molecule has 26 heavy (non-hydrogen) atoms. The Labute approximate surface area is 170 Å². The van der Waals surface area contributed by atoms with Crippen LogP contribution in [0.2, 0.25) is 10.2 Å². The Bertz CT molecular complexity index is 922. The average molecular weight is 431 g/mol. The van der Waals surface area contributed by atoms with Crippen molar-refractivity contribution in [1.82, 2.24) is 15.0 Å². The highest BCUT2D eigenvalue weighted by molar-refractivity contribution is 7.17.